The summed E-state index contributed by atoms with van der Waals surface area (Å²) in [6.07, 6.45) is 1.35. The van der Waals surface area contributed by atoms with E-state index in [1.807, 2.05) is 43.4 Å². The molecule has 0 atom stereocenters. The molecule has 0 bridgehead atoms. The predicted octanol–water partition coefficient (Wildman–Crippen LogP) is 6.68. The fraction of sp³-hybridized carbons (Fsp3) is 0.115. The van der Waals surface area contributed by atoms with Crippen molar-refractivity contribution in [1.29, 1.82) is 0 Å². The minimum absolute atomic E-state index is 0.164. The summed E-state index contributed by atoms with van der Waals surface area (Å²) in [7, 11) is 2.01. The first-order valence-corrected chi connectivity index (χ1v) is 9.13. The lowest BCUT2D eigenvalue weighted by Crippen LogP contribution is -1.90. The second-order valence-corrected chi connectivity index (χ2v) is 7.00. The molecule has 0 saturated carbocycles. The maximum absolute atomic E-state index is 8.08. The van der Waals surface area contributed by atoms with Crippen LogP contribution in [0.5, 0.6) is 0 Å². The zero-order chi connectivity index (χ0) is 24.3. The summed E-state index contributed by atoms with van der Waals surface area (Å²) in [4.78, 5) is 4.33. The Kier molecular flexibility index (Phi) is 2.60. The number of hydrogen-bond donors (Lipinski definition) is 0. The van der Waals surface area contributed by atoms with Crippen molar-refractivity contribution in [2.75, 3.05) is 0 Å². The highest BCUT2D eigenvalue weighted by Crippen LogP contribution is 2.34. The van der Waals surface area contributed by atoms with Crippen LogP contribution in [0.4, 0.5) is 0 Å². The van der Waals surface area contributed by atoms with E-state index in [1.54, 1.807) is 18.2 Å². The summed E-state index contributed by atoms with van der Waals surface area (Å²) in [6.45, 7) is -4.52. The van der Waals surface area contributed by atoms with Gasteiger partial charge >= 0.3 is 0 Å². The zero-order valence-electron chi connectivity index (χ0n) is 21.4. The van der Waals surface area contributed by atoms with Crippen LogP contribution in [0.3, 0.4) is 0 Å². The molecule has 0 fully saturated rings. The average Bonchev–Trinajstić information content (AvgIpc) is 3.09. The molecule has 3 aromatic carbocycles. The van der Waals surface area contributed by atoms with Gasteiger partial charge in [0.1, 0.15) is 0 Å². The first-order chi connectivity index (χ1) is 16.0. The van der Waals surface area contributed by atoms with Crippen molar-refractivity contribution in [2.24, 2.45) is 7.05 Å². The van der Waals surface area contributed by atoms with Crippen molar-refractivity contribution in [3.63, 3.8) is 0 Å². The van der Waals surface area contributed by atoms with Crippen molar-refractivity contribution in [1.82, 2.24) is 9.55 Å². The molecule has 28 heavy (non-hydrogen) atoms. The highest BCUT2D eigenvalue weighted by molar-refractivity contribution is 6.09. The highest BCUT2D eigenvalue weighted by atomic mass is 14.9. The maximum atomic E-state index is 8.08. The molecule has 0 amide bonds. The van der Waals surface area contributed by atoms with Gasteiger partial charge in [-0.05, 0) is 60.2 Å². The molecule has 0 aliphatic heterocycles. The molecular formula is C26H22N2. The van der Waals surface area contributed by atoms with Crippen molar-refractivity contribution in [2.45, 2.75) is 13.7 Å². The summed E-state index contributed by atoms with van der Waals surface area (Å²) in [5, 5.41) is 2.25. The third-order valence-electron chi connectivity index (χ3n) is 5.30. The van der Waals surface area contributed by atoms with Crippen molar-refractivity contribution >= 4 is 21.8 Å². The number of pyridine rings is 1. The third kappa shape index (κ3) is 2.61. The second kappa shape index (κ2) is 6.35. The molecule has 2 nitrogen and oxygen atoms in total. The minimum Gasteiger partial charge on any atom is -0.344 e. The van der Waals surface area contributed by atoms with Crippen LogP contribution >= 0.6 is 0 Å². The number of aromatic nitrogens is 2. The molecule has 0 spiro atoms. The van der Waals surface area contributed by atoms with Crippen LogP contribution in [0.25, 0.3) is 44.2 Å². The average molecular weight is 369 g/mol. The summed E-state index contributed by atoms with van der Waals surface area (Å²) in [5.74, 6) is 0. The van der Waals surface area contributed by atoms with Crippen LogP contribution in [0.15, 0.2) is 79.0 Å². The van der Waals surface area contributed by atoms with Crippen LogP contribution in [0, 0.1) is 13.7 Å². The lowest BCUT2D eigenvalue weighted by atomic mass is 9.96. The largest absolute Gasteiger partial charge is 0.344 e. The quantitative estimate of drug-likeness (QED) is 0.340. The molecule has 0 N–H and O–H groups in total. The molecule has 2 heteroatoms. The second-order valence-electron chi connectivity index (χ2n) is 7.00. The SMILES string of the molecule is [2H]C([2H])([2H])c1ccc(-c2ccc(C([2H])([2H])[2H])c(-c3ccc4c5ccccc5n(C)c4c3)c2)nc1. The van der Waals surface area contributed by atoms with Gasteiger partial charge in [0, 0.05) is 48.8 Å². The van der Waals surface area contributed by atoms with E-state index in [1.165, 1.54) is 12.3 Å². The highest BCUT2D eigenvalue weighted by Gasteiger charge is 2.11. The van der Waals surface area contributed by atoms with Crippen LogP contribution in [0.2, 0.25) is 0 Å². The van der Waals surface area contributed by atoms with E-state index in [0.29, 0.717) is 11.3 Å². The molecule has 0 aliphatic carbocycles. The van der Waals surface area contributed by atoms with Gasteiger partial charge in [0.15, 0.2) is 0 Å². The van der Waals surface area contributed by atoms with Crippen LogP contribution < -0.4 is 0 Å². The van der Waals surface area contributed by atoms with Gasteiger partial charge in [-0.15, -0.1) is 0 Å². The van der Waals surface area contributed by atoms with E-state index < -0.39 is 13.7 Å². The van der Waals surface area contributed by atoms with Gasteiger partial charge in [-0.25, -0.2) is 0 Å². The number of para-hydroxylation sites is 1. The molecular weight excluding hydrogens is 340 g/mol. The Morgan fingerprint density at radius 3 is 2.46 bits per heavy atom. The van der Waals surface area contributed by atoms with Gasteiger partial charge in [-0.3, -0.25) is 4.98 Å². The fourth-order valence-electron chi connectivity index (χ4n) is 3.84. The van der Waals surface area contributed by atoms with Crippen molar-refractivity contribution < 1.29 is 8.22 Å². The van der Waals surface area contributed by atoms with Gasteiger partial charge in [0.25, 0.3) is 0 Å². The zero-order valence-corrected chi connectivity index (χ0v) is 15.4. The van der Waals surface area contributed by atoms with E-state index in [9.17, 15) is 0 Å². The monoisotopic (exact) mass is 368 g/mol. The molecule has 136 valence electrons. The Hall–Kier alpha value is -3.39. The Labute approximate surface area is 173 Å². The van der Waals surface area contributed by atoms with Crippen LogP contribution in [-0.2, 0) is 7.05 Å². The van der Waals surface area contributed by atoms with Crippen molar-refractivity contribution in [3.8, 4) is 22.4 Å². The number of fused-ring (bicyclic) bond motifs is 3. The standard InChI is InChI=1S/C26H22N2/c1-17-8-13-24(27-16-17)20-10-9-18(2)23(14-20)19-11-12-22-21-6-4-5-7-25(21)28(3)26(22)15-19/h4-16H,1-3H3/i1D3,2D3. The Bertz CT molecular complexity index is 1530. The normalized spacial score (nSPS) is 15.5. The van der Waals surface area contributed by atoms with E-state index >= 15 is 0 Å². The van der Waals surface area contributed by atoms with E-state index in [0.717, 1.165) is 32.9 Å². The van der Waals surface area contributed by atoms with Crippen LogP contribution in [-0.4, -0.2) is 9.55 Å². The van der Waals surface area contributed by atoms with Crippen molar-refractivity contribution in [3.05, 3.63) is 90.1 Å². The minimum atomic E-state index is -2.29. The van der Waals surface area contributed by atoms with Gasteiger partial charge in [-0.1, -0.05) is 48.5 Å². The van der Waals surface area contributed by atoms with E-state index in [4.69, 9.17) is 8.22 Å². The molecule has 5 rings (SSSR count). The fourth-order valence-corrected chi connectivity index (χ4v) is 3.84. The Morgan fingerprint density at radius 1 is 0.786 bits per heavy atom. The smallest absolute Gasteiger partial charge is 0.0702 e. The van der Waals surface area contributed by atoms with E-state index in [2.05, 4.69) is 21.7 Å². The predicted molar refractivity (Wildman–Crippen MR) is 119 cm³/mol. The van der Waals surface area contributed by atoms with E-state index in [-0.39, 0.29) is 11.1 Å². The summed E-state index contributed by atoms with van der Waals surface area (Å²) < 4.78 is 49.0. The molecule has 0 saturated heterocycles. The van der Waals surface area contributed by atoms with Gasteiger partial charge < -0.3 is 4.57 Å². The molecule has 5 aromatic rings. The summed E-state index contributed by atoms with van der Waals surface area (Å²) >= 11 is 0. The summed E-state index contributed by atoms with van der Waals surface area (Å²) in [6, 6.07) is 22.5. The number of nitrogens with zero attached hydrogens (tertiary/aromatic N) is 2. The number of benzene rings is 3. The molecule has 0 radical (unpaired) electrons. The molecule has 2 heterocycles. The van der Waals surface area contributed by atoms with Crippen LogP contribution in [0.1, 0.15) is 19.4 Å². The number of rotatable bonds is 2. The third-order valence-corrected chi connectivity index (χ3v) is 5.30. The van der Waals surface area contributed by atoms with Gasteiger partial charge in [0.2, 0.25) is 0 Å². The topological polar surface area (TPSA) is 17.8 Å². The Morgan fingerprint density at radius 2 is 1.64 bits per heavy atom. The first kappa shape index (κ1) is 11.5. The number of aryl methyl sites for hydroxylation is 3. The first-order valence-electron chi connectivity index (χ1n) is 12.1. The van der Waals surface area contributed by atoms with Gasteiger partial charge in [-0.2, -0.15) is 0 Å². The molecule has 0 aliphatic rings. The lowest BCUT2D eigenvalue weighted by Gasteiger charge is -2.10. The molecule has 2 aromatic heterocycles. The lowest BCUT2D eigenvalue weighted by molar-refractivity contribution is 1.01. The maximum Gasteiger partial charge on any atom is 0.0702 e. The Balaban J connectivity index is 1.69. The van der Waals surface area contributed by atoms with Gasteiger partial charge in [0.05, 0.1) is 5.69 Å². The summed E-state index contributed by atoms with van der Waals surface area (Å²) in [5.41, 5.74) is 5.25. The number of hydrogen-bond acceptors (Lipinski definition) is 1. The molecule has 0 unspecified atom stereocenters.